The fourth-order valence-corrected chi connectivity index (χ4v) is 3.57. The van der Waals surface area contributed by atoms with Gasteiger partial charge in [-0.25, -0.2) is 9.48 Å². The molecule has 0 fully saturated rings. The molecule has 2 heterocycles. The fraction of sp³-hybridized carbons (Fsp3) is 0.200. The molecule has 4 rings (SSSR count). The van der Waals surface area contributed by atoms with Crippen LogP contribution in [0.4, 0.5) is 4.79 Å². The summed E-state index contributed by atoms with van der Waals surface area (Å²) in [6, 6.07) is 15.8. The van der Waals surface area contributed by atoms with Crippen molar-refractivity contribution in [1.82, 2.24) is 14.7 Å². The number of hydrogen-bond acceptors (Lipinski definition) is 2. The number of carboxylic acid groups (broad SMARTS) is 1. The van der Waals surface area contributed by atoms with Crippen molar-refractivity contribution in [3.05, 3.63) is 70.4 Å². The van der Waals surface area contributed by atoms with Crippen molar-refractivity contribution in [2.45, 2.75) is 26.4 Å². The Bertz CT molecular complexity index is 979. The number of fused-ring (bicyclic) bond motifs is 1. The van der Waals surface area contributed by atoms with Crippen molar-refractivity contribution in [2.24, 2.45) is 0 Å². The molecule has 6 heteroatoms. The van der Waals surface area contributed by atoms with Gasteiger partial charge in [0.1, 0.15) is 0 Å². The zero-order chi connectivity index (χ0) is 18.3. The average molecular weight is 368 g/mol. The number of nitrogens with zero attached hydrogens (tertiary/aromatic N) is 3. The molecule has 1 aliphatic rings. The van der Waals surface area contributed by atoms with E-state index in [1.54, 1.807) is 0 Å². The number of aromatic nitrogens is 2. The molecule has 1 N–H and O–H groups in total. The van der Waals surface area contributed by atoms with Gasteiger partial charge in [-0.2, -0.15) is 5.10 Å². The van der Waals surface area contributed by atoms with E-state index < -0.39 is 6.09 Å². The van der Waals surface area contributed by atoms with Crippen LogP contribution in [-0.4, -0.2) is 25.9 Å². The lowest BCUT2D eigenvalue weighted by atomic mass is 10.1. The van der Waals surface area contributed by atoms with Gasteiger partial charge in [0.15, 0.2) is 0 Å². The van der Waals surface area contributed by atoms with Crippen LogP contribution in [0.5, 0.6) is 0 Å². The van der Waals surface area contributed by atoms with Gasteiger partial charge >= 0.3 is 6.09 Å². The summed E-state index contributed by atoms with van der Waals surface area (Å²) in [4.78, 5) is 12.8. The van der Waals surface area contributed by atoms with Gasteiger partial charge in [0.25, 0.3) is 0 Å². The summed E-state index contributed by atoms with van der Waals surface area (Å²) >= 11 is 6.05. The van der Waals surface area contributed by atoms with Gasteiger partial charge in [-0.05, 0) is 30.2 Å². The van der Waals surface area contributed by atoms with Gasteiger partial charge in [-0.1, -0.05) is 48.9 Å². The van der Waals surface area contributed by atoms with E-state index in [-0.39, 0.29) is 0 Å². The highest BCUT2D eigenvalue weighted by Gasteiger charge is 2.31. The molecule has 0 bridgehead atoms. The number of rotatable bonds is 3. The maximum atomic E-state index is 11.4. The Morgan fingerprint density at radius 1 is 1.15 bits per heavy atom. The number of hydrogen-bond donors (Lipinski definition) is 1. The van der Waals surface area contributed by atoms with Gasteiger partial charge in [-0.3, -0.25) is 4.90 Å². The first-order valence-electron chi connectivity index (χ1n) is 8.51. The number of amides is 1. The molecule has 0 unspecified atom stereocenters. The Labute approximate surface area is 156 Å². The molecule has 1 amide bonds. The van der Waals surface area contributed by atoms with Gasteiger partial charge < -0.3 is 5.11 Å². The van der Waals surface area contributed by atoms with E-state index in [1.165, 1.54) is 10.5 Å². The second-order valence-electron chi connectivity index (χ2n) is 6.31. The average Bonchev–Trinajstić information content (AvgIpc) is 3.20. The Balaban J connectivity index is 1.92. The third-order valence-corrected chi connectivity index (χ3v) is 5.00. The number of benzene rings is 2. The van der Waals surface area contributed by atoms with Crippen molar-refractivity contribution < 1.29 is 9.90 Å². The predicted octanol–water partition coefficient (Wildman–Crippen LogP) is 4.75. The van der Waals surface area contributed by atoms with Crippen molar-refractivity contribution in [3.63, 3.8) is 0 Å². The monoisotopic (exact) mass is 367 g/mol. The van der Waals surface area contributed by atoms with Crippen LogP contribution in [-0.2, 0) is 19.5 Å². The molecule has 3 aromatic rings. The predicted molar refractivity (Wildman–Crippen MR) is 101 cm³/mol. The normalized spacial score (nSPS) is 13.1. The highest BCUT2D eigenvalue weighted by atomic mass is 35.5. The molecule has 132 valence electrons. The molecule has 0 spiro atoms. The number of carbonyl (C=O) groups is 1. The molecular weight excluding hydrogens is 350 g/mol. The van der Waals surface area contributed by atoms with E-state index in [9.17, 15) is 9.90 Å². The molecule has 26 heavy (non-hydrogen) atoms. The lowest BCUT2D eigenvalue weighted by Crippen LogP contribution is -2.23. The number of aryl methyl sites for hydroxylation is 1. The Morgan fingerprint density at radius 3 is 2.58 bits per heavy atom. The van der Waals surface area contributed by atoms with Gasteiger partial charge in [0.05, 0.1) is 30.2 Å². The maximum absolute atomic E-state index is 11.4. The standard InChI is InChI=1S/C20H18ClN3O2/c1-2-13-5-3-4-6-18(13)24-19(14-7-9-15(21)10-8-14)16-11-23(20(25)26)12-17(16)22-24/h3-10H,2,11-12H2,1H3,(H,25,26). The zero-order valence-electron chi connectivity index (χ0n) is 14.3. The molecular formula is C20H18ClN3O2. The van der Waals surface area contributed by atoms with Crippen molar-refractivity contribution in [1.29, 1.82) is 0 Å². The maximum Gasteiger partial charge on any atom is 0.407 e. The van der Waals surface area contributed by atoms with Gasteiger partial charge in [0, 0.05) is 16.1 Å². The molecule has 0 aliphatic carbocycles. The quantitative estimate of drug-likeness (QED) is 0.726. The largest absolute Gasteiger partial charge is 0.465 e. The van der Waals surface area contributed by atoms with Crippen LogP contribution < -0.4 is 0 Å². The summed E-state index contributed by atoms with van der Waals surface area (Å²) in [6.07, 6.45) is -0.0345. The first kappa shape index (κ1) is 16.7. The first-order chi connectivity index (χ1) is 12.6. The van der Waals surface area contributed by atoms with Crippen LogP contribution in [0.3, 0.4) is 0 Å². The van der Waals surface area contributed by atoms with Crippen LogP contribution in [0.15, 0.2) is 48.5 Å². The van der Waals surface area contributed by atoms with Crippen LogP contribution in [0.1, 0.15) is 23.7 Å². The molecule has 1 aliphatic heterocycles. The molecule has 5 nitrogen and oxygen atoms in total. The summed E-state index contributed by atoms with van der Waals surface area (Å²) in [5.74, 6) is 0. The lowest BCUT2D eigenvalue weighted by Gasteiger charge is -2.16. The topological polar surface area (TPSA) is 58.4 Å². The Kier molecular flexibility index (Phi) is 4.17. The highest BCUT2D eigenvalue weighted by molar-refractivity contribution is 6.30. The molecule has 0 radical (unpaired) electrons. The molecule has 0 atom stereocenters. The van der Waals surface area contributed by atoms with Crippen molar-refractivity contribution in [2.75, 3.05) is 0 Å². The van der Waals surface area contributed by atoms with Crippen LogP contribution in [0.2, 0.25) is 5.02 Å². The summed E-state index contributed by atoms with van der Waals surface area (Å²) in [5.41, 5.74) is 5.89. The van der Waals surface area contributed by atoms with Crippen molar-refractivity contribution >= 4 is 17.7 Å². The van der Waals surface area contributed by atoms with Crippen LogP contribution in [0.25, 0.3) is 16.9 Å². The molecule has 1 aromatic heterocycles. The highest BCUT2D eigenvalue weighted by Crippen LogP contribution is 2.35. The minimum atomic E-state index is -0.925. The van der Waals surface area contributed by atoms with E-state index in [4.69, 9.17) is 16.7 Å². The third kappa shape index (κ3) is 2.74. The molecule has 0 saturated carbocycles. The zero-order valence-corrected chi connectivity index (χ0v) is 15.1. The summed E-state index contributed by atoms with van der Waals surface area (Å²) in [5, 5.41) is 14.8. The van der Waals surface area contributed by atoms with E-state index >= 15 is 0 Å². The Hall–Kier alpha value is -2.79. The van der Waals surface area contributed by atoms with Gasteiger partial charge in [-0.15, -0.1) is 0 Å². The minimum Gasteiger partial charge on any atom is -0.465 e. The number of halogens is 1. The fourth-order valence-electron chi connectivity index (χ4n) is 3.45. The second kappa shape index (κ2) is 6.50. The smallest absolute Gasteiger partial charge is 0.407 e. The SMILES string of the molecule is CCc1ccccc1-n1nc2c(c1-c1ccc(Cl)cc1)CN(C(=O)O)C2. The van der Waals surface area contributed by atoms with Crippen molar-refractivity contribution in [3.8, 4) is 16.9 Å². The van der Waals surface area contributed by atoms with E-state index in [0.717, 1.165) is 34.6 Å². The van der Waals surface area contributed by atoms with Crippen LogP contribution >= 0.6 is 11.6 Å². The molecule has 2 aromatic carbocycles. The lowest BCUT2D eigenvalue weighted by molar-refractivity contribution is 0.144. The van der Waals surface area contributed by atoms with E-state index in [0.29, 0.717) is 18.1 Å². The number of para-hydroxylation sites is 1. The van der Waals surface area contributed by atoms with Crippen LogP contribution in [0, 0.1) is 0 Å². The summed E-state index contributed by atoms with van der Waals surface area (Å²) < 4.78 is 1.95. The Morgan fingerprint density at radius 2 is 1.88 bits per heavy atom. The third-order valence-electron chi connectivity index (χ3n) is 4.75. The van der Waals surface area contributed by atoms with Gasteiger partial charge in [0.2, 0.25) is 0 Å². The van der Waals surface area contributed by atoms with E-state index in [2.05, 4.69) is 19.1 Å². The summed E-state index contributed by atoms with van der Waals surface area (Å²) in [7, 11) is 0. The molecule has 0 saturated heterocycles. The van der Waals surface area contributed by atoms with E-state index in [1.807, 2.05) is 41.1 Å². The second-order valence-corrected chi connectivity index (χ2v) is 6.75. The summed E-state index contributed by atoms with van der Waals surface area (Å²) in [6.45, 7) is 2.77. The minimum absolute atomic E-state index is 0.312. The first-order valence-corrected chi connectivity index (χ1v) is 8.89.